The van der Waals surface area contributed by atoms with Gasteiger partial charge < -0.3 is 10.6 Å². The van der Waals surface area contributed by atoms with Crippen LogP contribution in [0.1, 0.15) is 111 Å². The van der Waals surface area contributed by atoms with Crippen LogP contribution >= 0.6 is 7.82 Å². The van der Waals surface area contributed by atoms with Crippen LogP contribution in [-0.4, -0.2) is 24.7 Å². The lowest BCUT2D eigenvalue weighted by atomic mass is 10.1. The van der Waals surface area contributed by atoms with E-state index in [1.165, 1.54) is 64.2 Å². The maximum Gasteiger partial charge on any atom is 0.472 e. The summed E-state index contributed by atoms with van der Waals surface area (Å²) in [5.41, 5.74) is 5.14. The van der Waals surface area contributed by atoms with E-state index in [9.17, 15) is 9.46 Å². The topological polar surface area (TPSA) is 81.8 Å². The zero-order valence-corrected chi connectivity index (χ0v) is 18.6. The SMILES string of the molecule is CCCCCCCCOP(=O)(O)OCCCCCCCC.CCCCN. The van der Waals surface area contributed by atoms with Crippen molar-refractivity contribution in [2.45, 2.75) is 111 Å². The van der Waals surface area contributed by atoms with Crippen LogP contribution < -0.4 is 5.73 Å². The van der Waals surface area contributed by atoms with Crippen LogP contribution in [-0.2, 0) is 13.6 Å². The Morgan fingerprint density at radius 3 is 1.31 bits per heavy atom. The van der Waals surface area contributed by atoms with Crippen molar-refractivity contribution in [3.05, 3.63) is 0 Å². The zero-order valence-electron chi connectivity index (χ0n) is 17.7. The number of phosphoric ester groups is 1. The summed E-state index contributed by atoms with van der Waals surface area (Å²) in [6.45, 7) is 7.98. The summed E-state index contributed by atoms with van der Waals surface area (Å²) in [6, 6.07) is 0. The van der Waals surface area contributed by atoms with Crippen LogP contribution in [0, 0.1) is 0 Å². The first-order chi connectivity index (χ1) is 12.5. The monoisotopic (exact) mass is 395 g/mol. The quantitative estimate of drug-likeness (QED) is 0.202. The van der Waals surface area contributed by atoms with Crippen molar-refractivity contribution in [2.75, 3.05) is 19.8 Å². The van der Waals surface area contributed by atoms with Crippen LogP contribution in [0.25, 0.3) is 0 Å². The highest BCUT2D eigenvalue weighted by atomic mass is 31.2. The second-order valence-corrected chi connectivity index (χ2v) is 8.27. The Balaban J connectivity index is 0. The van der Waals surface area contributed by atoms with E-state index in [2.05, 4.69) is 20.8 Å². The molecule has 0 rings (SSSR count). The minimum atomic E-state index is -3.82. The van der Waals surface area contributed by atoms with Crippen molar-refractivity contribution in [1.29, 1.82) is 0 Å². The van der Waals surface area contributed by atoms with E-state index >= 15 is 0 Å². The Labute approximate surface area is 163 Å². The van der Waals surface area contributed by atoms with Gasteiger partial charge in [-0.05, 0) is 25.8 Å². The van der Waals surface area contributed by atoms with Gasteiger partial charge in [-0.25, -0.2) is 4.57 Å². The van der Waals surface area contributed by atoms with Gasteiger partial charge in [0.1, 0.15) is 0 Å². The van der Waals surface area contributed by atoms with Gasteiger partial charge in [-0.15, -0.1) is 0 Å². The highest BCUT2D eigenvalue weighted by Crippen LogP contribution is 2.43. The number of rotatable bonds is 18. The van der Waals surface area contributed by atoms with Crippen molar-refractivity contribution in [3.8, 4) is 0 Å². The molecule has 0 radical (unpaired) electrons. The fraction of sp³-hybridized carbons (Fsp3) is 1.00. The fourth-order valence-corrected chi connectivity index (χ4v) is 3.16. The average Bonchev–Trinajstić information content (AvgIpc) is 2.61. The molecule has 0 saturated heterocycles. The molecule has 0 aromatic rings. The third-order valence-corrected chi connectivity index (χ3v) is 5.08. The van der Waals surface area contributed by atoms with Crippen LogP contribution in [0.15, 0.2) is 0 Å². The van der Waals surface area contributed by atoms with Gasteiger partial charge in [-0.3, -0.25) is 9.05 Å². The highest BCUT2D eigenvalue weighted by Gasteiger charge is 2.19. The molecule has 0 saturated carbocycles. The van der Waals surface area contributed by atoms with Crippen molar-refractivity contribution in [1.82, 2.24) is 0 Å². The minimum Gasteiger partial charge on any atom is -0.330 e. The molecule has 3 N–H and O–H groups in total. The lowest BCUT2D eigenvalue weighted by Gasteiger charge is -2.12. The molecule has 0 fully saturated rings. The second-order valence-electron chi connectivity index (χ2n) is 6.81. The number of hydrogen-bond donors (Lipinski definition) is 2. The molecule has 0 bridgehead atoms. The van der Waals surface area contributed by atoms with Gasteiger partial charge in [0.05, 0.1) is 13.2 Å². The van der Waals surface area contributed by atoms with E-state index < -0.39 is 7.82 Å². The van der Waals surface area contributed by atoms with Gasteiger partial charge in [0.25, 0.3) is 0 Å². The molecule has 0 heterocycles. The van der Waals surface area contributed by atoms with E-state index in [1.807, 2.05) is 0 Å². The number of nitrogens with two attached hydrogens (primary N) is 1. The predicted molar refractivity (Wildman–Crippen MR) is 112 cm³/mol. The van der Waals surface area contributed by atoms with E-state index in [-0.39, 0.29) is 0 Å². The number of hydrogen-bond acceptors (Lipinski definition) is 4. The standard InChI is InChI=1S/C16H35O4P.C4H11N/c1-3-5-7-9-11-13-15-19-21(17,18)20-16-14-12-10-8-6-4-2;1-2-3-4-5/h3-16H2,1-2H3,(H,17,18);2-5H2,1H3. The molecule has 0 aromatic heterocycles. The van der Waals surface area contributed by atoms with Gasteiger partial charge >= 0.3 is 7.82 Å². The Kier molecular flexibility index (Phi) is 25.1. The molecular weight excluding hydrogens is 349 g/mol. The zero-order chi connectivity index (χ0) is 19.9. The Morgan fingerprint density at radius 2 is 1.00 bits per heavy atom. The summed E-state index contributed by atoms with van der Waals surface area (Å²) in [4.78, 5) is 9.51. The molecule has 0 amide bonds. The molecule has 6 heteroatoms. The molecule has 5 nitrogen and oxygen atoms in total. The summed E-state index contributed by atoms with van der Waals surface area (Å²) in [6.07, 6.45) is 16.0. The maximum absolute atomic E-state index is 11.6. The van der Waals surface area contributed by atoms with Crippen molar-refractivity contribution in [2.24, 2.45) is 5.73 Å². The molecule has 0 spiro atoms. The van der Waals surface area contributed by atoms with Gasteiger partial charge in [0.15, 0.2) is 0 Å². The third-order valence-electron chi connectivity index (χ3n) is 4.06. The number of phosphoric acid groups is 1. The van der Waals surface area contributed by atoms with Crippen LogP contribution in [0.5, 0.6) is 0 Å². The average molecular weight is 396 g/mol. The molecule has 0 atom stereocenters. The van der Waals surface area contributed by atoms with Crippen LogP contribution in [0.4, 0.5) is 0 Å². The van der Waals surface area contributed by atoms with E-state index in [0.717, 1.165) is 32.2 Å². The lowest BCUT2D eigenvalue weighted by Crippen LogP contribution is -1.99. The predicted octanol–water partition coefficient (Wildman–Crippen LogP) is 6.59. The summed E-state index contributed by atoms with van der Waals surface area (Å²) in [5, 5.41) is 0. The fourth-order valence-electron chi connectivity index (χ4n) is 2.37. The molecule has 0 aliphatic rings. The summed E-state index contributed by atoms with van der Waals surface area (Å²) in [5.74, 6) is 0. The Hall–Kier alpha value is 0.0700. The maximum atomic E-state index is 11.6. The van der Waals surface area contributed by atoms with Crippen LogP contribution in [0.2, 0.25) is 0 Å². The molecule has 0 aliphatic heterocycles. The van der Waals surface area contributed by atoms with Gasteiger partial charge in [0.2, 0.25) is 0 Å². The normalized spacial score (nSPS) is 11.3. The minimum absolute atomic E-state index is 0.316. The third kappa shape index (κ3) is 26.3. The van der Waals surface area contributed by atoms with E-state index in [4.69, 9.17) is 14.8 Å². The van der Waals surface area contributed by atoms with Crippen LogP contribution in [0.3, 0.4) is 0 Å². The van der Waals surface area contributed by atoms with Gasteiger partial charge in [-0.1, -0.05) is 91.4 Å². The van der Waals surface area contributed by atoms with E-state index in [1.54, 1.807) is 0 Å². The van der Waals surface area contributed by atoms with Crippen molar-refractivity contribution < 1.29 is 18.5 Å². The lowest BCUT2D eigenvalue weighted by molar-refractivity contribution is 0.145. The second kappa shape index (κ2) is 23.1. The largest absolute Gasteiger partial charge is 0.472 e. The highest BCUT2D eigenvalue weighted by molar-refractivity contribution is 7.47. The van der Waals surface area contributed by atoms with Gasteiger partial charge in [-0.2, -0.15) is 0 Å². The molecule has 0 aromatic carbocycles. The molecule has 0 unspecified atom stereocenters. The molecule has 26 heavy (non-hydrogen) atoms. The Morgan fingerprint density at radius 1 is 0.654 bits per heavy atom. The summed E-state index contributed by atoms with van der Waals surface area (Å²) in [7, 11) is -3.82. The molecule has 0 aliphatic carbocycles. The first kappa shape index (κ1) is 28.3. The van der Waals surface area contributed by atoms with Crippen molar-refractivity contribution in [3.63, 3.8) is 0 Å². The van der Waals surface area contributed by atoms with E-state index in [0.29, 0.717) is 13.2 Å². The molecule has 160 valence electrons. The summed E-state index contributed by atoms with van der Waals surface area (Å²) >= 11 is 0. The molecular formula is C20H46NO4P. The smallest absolute Gasteiger partial charge is 0.330 e. The van der Waals surface area contributed by atoms with Gasteiger partial charge in [0, 0.05) is 0 Å². The van der Waals surface area contributed by atoms with Crippen molar-refractivity contribution >= 4 is 7.82 Å². The summed E-state index contributed by atoms with van der Waals surface area (Å²) < 4.78 is 21.5. The first-order valence-electron chi connectivity index (χ1n) is 10.9. The Bertz CT molecular complexity index is 280. The first-order valence-corrected chi connectivity index (χ1v) is 12.4. The number of unbranched alkanes of at least 4 members (excludes halogenated alkanes) is 11.